The van der Waals surface area contributed by atoms with Crippen LogP contribution in [0.4, 0.5) is 5.69 Å². The van der Waals surface area contributed by atoms with E-state index < -0.39 is 5.97 Å². The molecule has 2 rings (SSSR count). The summed E-state index contributed by atoms with van der Waals surface area (Å²) in [4.78, 5) is 26.5. The molecule has 0 saturated heterocycles. The highest BCUT2D eigenvalue weighted by Gasteiger charge is 2.10. The zero-order valence-corrected chi connectivity index (χ0v) is 11.8. The van der Waals surface area contributed by atoms with Crippen LogP contribution in [0.15, 0.2) is 35.7 Å². The molecule has 0 radical (unpaired) electrons. The van der Waals surface area contributed by atoms with Gasteiger partial charge in [-0.05, 0) is 23.8 Å². The molecule has 1 aromatic heterocycles. The van der Waals surface area contributed by atoms with Gasteiger partial charge in [0.2, 0.25) is 0 Å². The van der Waals surface area contributed by atoms with Crippen LogP contribution in [0.2, 0.25) is 0 Å². The Bertz CT molecular complexity index is 677. The normalized spacial score (nSPS) is 10.7. The third-order valence-electron chi connectivity index (χ3n) is 2.55. The molecule has 108 valence electrons. The predicted molar refractivity (Wildman–Crippen MR) is 81.1 cm³/mol. The summed E-state index contributed by atoms with van der Waals surface area (Å²) in [6.07, 6.45) is 2.53. The van der Waals surface area contributed by atoms with Crippen LogP contribution >= 0.6 is 11.3 Å². The van der Waals surface area contributed by atoms with Crippen LogP contribution in [-0.2, 0) is 11.3 Å². The van der Waals surface area contributed by atoms with Crippen molar-refractivity contribution in [3.8, 4) is 0 Å². The lowest BCUT2D eigenvalue weighted by Gasteiger charge is -2.03. The molecule has 2 aromatic rings. The van der Waals surface area contributed by atoms with Gasteiger partial charge in [-0.15, -0.1) is 11.3 Å². The Kier molecular flexibility index (Phi) is 4.81. The number of carbonyl (C=O) groups is 2. The topological polar surface area (TPSA) is 105 Å². The molecule has 0 aliphatic heterocycles. The maximum atomic E-state index is 11.9. The number of aromatic nitrogens is 1. The third kappa shape index (κ3) is 4.23. The van der Waals surface area contributed by atoms with Gasteiger partial charge in [-0.25, -0.2) is 9.78 Å². The Morgan fingerprint density at radius 2 is 2.05 bits per heavy atom. The molecule has 1 amide bonds. The molecule has 1 heterocycles. The lowest BCUT2D eigenvalue weighted by Crippen LogP contribution is -2.12. The largest absolute Gasteiger partial charge is 0.478 e. The summed E-state index contributed by atoms with van der Waals surface area (Å²) in [6.45, 7) is 0.308. The molecule has 0 fully saturated rings. The zero-order valence-electron chi connectivity index (χ0n) is 10.9. The van der Waals surface area contributed by atoms with E-state index in [0.717, 1.165) is 11.6 Å². The molecule has 4 N–H and O–H groups in total. The van der Waals surface area contributed by atoms with E-state index in [1.807, 2.05) is 0 Å². The SMILES string of the molecule is NCc1nc(C(=O)Nc2ccc(/C=C/C(=O)O)cc2)cs1. The predicted octanol–water partition coefficient (Wildman–Crippen LogP) is 1.95. The first-order chi connectivity index (χ1) is 10.1. The van der Waals surface area contributed by atoms with Crippen molar-refractivity contribution in [2.75, 3.05) is 5.32 Å². The number of thiazole rings is 1. The molecule has 0 saturated carbocycles. The Balaban J connectivity index is 2.02. The molecule has 0 aliphatic carbocycles. The molecular weight excluding hydrogens is 290 g/mol. The maximum Gasteiger partial charge on any atom is 0.328 e. The highest BCUT2D eigenvalue weighted by Crippen LogP contribution is 2.14. The average molecular weight is 303 g/mol. The summed E-state index contributed by atoms with van der Waals surface area (Å²) in [5.41, 5.74) is 7.12. The van der Waals surface area contributed by atoms with Gasteiger partial charge in [-0.1, -0.05) is 12.1 Å². The number of nitrogens with one attached hydrogen (secondary N) is 1. The highest BCUT2D eigenvalue weighted by molar-refractivity contribution is 7.09. The van der Waals surface area contributed by atoms with Crippen molar-refractivity contribution in [1.82, 2.24) is 4.98 Å². The van der Waals surface area contributed by atoms with Crippen LogP contribution in [0.25, 0.3) is 6.08 Å². The van der Waals surface area contributed by atoms with E-state index >= 15 is 0 Å². The van der Waals surface area contributed by atoms with Crippen LogP contribution in [0, 0.1) is 0 Å². The molecule has 21 heavy (non-hydrogen) atoms. The van der Waals surface area contributed by atoms with Crippen molar-refractivity contribution >= 4 is 35.0 Å². The minimum Gasteiger partial charge on any atom is -0.478 e. The molecule has 0 spiro atoms. The Hall–Kier alpha value is -2.51. The minimum absolute atomic E-state index is 0.306. The Labute approximate surface area is 124 Å². The third-order valence-corrected chi connectivity index (χ3v) is 3.42. The van der Waals surface area contributed by atoms with Crippen LogP contribution < -0.4 is 11.1 Å². The van der Waals surface area contributed by atoms with E-state index in [9.17, 15) is 9.59 Å². The highest BCUT2D eigenvalue weighted by atomic mass is 32.1. The van der Waals surface area contributed by atoms with E-state index in [0.29, 0.717) is 22.9 Å². The van der Waals surface area contributed by atoms with Crippen molar-refractivity contribution in [2.24, 2.45) is 5.73 Å². The zero-order chi connectivity index (χ0) is 15.2. The number of anilines is 1. The van der Waals surface area contributed by atoms with E-state index in [1.165, 1.54) is 17.4 Å². The molecule has 0 bridgehead atoms. The first-order valence-electron chi connectivity index (χ1n) is 6.05. The molecule has 1 aromatic carbocycles. The van der Waals surface area contributed by atoms with Crippen molar-refractivity contribution in [2.45, 2.75) is 6.54 Å². The second-order valence-corrected chi connectivity index (χ2v) is 5.02. The number of hydrogen-bond acceptors (Lipinski definition) is 5. The van der Waals surface area contributed by atoms with Gasteiger partial charge in [0.15, 0.2) is 0 Å². The minimum atomic E-state index is -1.01. The number of carboxylic acid groups (broad SMARTS) is 1. The van der Waals surface area contributed by atoms with Gasteiger partial charge in [0.1, 0.15) is 10.7 Å². The summed E-state index contributed by atoms with van der Waals surface area (Å²) in [5, 5.41) is 13.6. The fraction of sp³-hybridized carbons (Fsp3) is 0.0714. The van der Waals surface area contributed by atoms with E-state index in [1.54, 1.807) is 29.6 Å². The fourth-order valence-corrected chi connectivity index (χ4v) is 2.20. The monoisotopic (exact) mass is 303 g/mol. The van der Waals surface area contributed by atoms with Crippen molar-refractivity contribution in [1.29, 1.82) is 0 Å². The molecule has 6 nitrogen and oxygen atoms in total. The van der Waals surface area contributed by atoms with Crippen LogP contribution in [0.1, 0.15) is 21.1 Å². The van der Waals surface area contributed by atoms with Gasteiger partial charge in [-0.2, -0.15) is 0 Å². The number of carboxylic acids is 1. The van der Waals surface area contributed by atoms with Gasteiger partial charge in [-0.3, -0.25) is 4.79 Å². The standard InChI is InChI=1S/C14H13N3O3S/c15-7-12-17-11(8-21-12)14(20)16-10-4-1-9(2-5-10)3-6-13(18)19/h1-6,8H,7,15H2,(H,16,20)(H,18,19)/b6-3+. The smallest absolute Gasteiger partial charge is 0.328 e. The Morgan fingerprint density at radius 1 is 1.33 bits per heavy atom. The lowest BCUT2D eigenvalue weighted by molar-refractivity contribution is -0.131. The van der Waals surface area contributed by atoms with Crippen LogP contribution in [0.5, 0.6) is 0 Å². The summed E-state index contributed by atoms with van der Waals surface area (Å²) >= 11 is 1.34. The van der Waals surface area contributed by atoms with Crippen LogP contribution in [-0.4, -0.2) is 22.0 Å². The molecule has 0 unspecified atom stereocenters. The number of nitrogens with zero attached hydrogens (tertiary/aromatic N) is 1. The first-order valence-corrected chi connectivity index (χ1v) is 6.93. The molecule has 0 atom stereocenters. The molecular formula is C14H13N3O3S. The van der Waals surface area contributed by atoms with Gasteiger partial charge in [0, 0.05) is 23.7 Å². The number of aliphatic carboxylic acids is 1. The summed E-state index contributed by atoms with van der Waals surface area (Å²) < 4.78 is 0. The van der Waals surface area contributed by atoms with Gasteiger partial charge in [0.05, 0.1) is 0 Å². The van der Waals surface area contributed by atoms with Gasteiger partial charge < -0.3 is 16.2 Å². The quantitative estimate of drug-likeness (QED) is 0.732. The molecule has 7 heteroatoms. The number of amides is 1. The van der Waals surface area contributed by atoms with Gasteiger partial charge >= 0.3 is 5.97 Å². The number of nitrogens with two attached hydrogens (primary N) is 1. The second kappa shape index (κ2) is 6.78. The number of rotatable bonds is 5. The lowest BCUT2D eigenvalue weighted by atomic mass is 10.2. The van der Waals surface area contributed by atoms with E-state index in [4.69, 9.17) is 10.8 Å². The summed E-state index contributed by atoms with van der Waals surface area (Å²) in [6, 6.07) is 6.80. The number of carbonyl (C=O) groups excluding carboxylic acids is 1. The number of hydrogen-bond donors (Lipinski definition) is 3. The first kappa shape index (κ1) is 14.9. The second-order valence-electron chi connectivity index (χ2n) is 4.08. The van der Waals surface area contributed by atoms with Crippen LogP contribution in [0.3, 0.4) is 0 Å². The van der Waals surface area contributed by atoms with Crippen molar-refractivity contribution in [3.05, 3.63) is 52.0 Å². The summed E-state index contributed by atoms with van der Waals surface area (Å²) in [7, 11) is 0. The molecule has 0 aliphatic rings. The summed E-state index contributed by atoms with van der Waals surface area (Å²) in [5.74, 6) is -1.31. The van der Waals surface area contributed by atoms with Crippen molar-refractivity contribution in [3.63, 3.8) is 0 Å². The van der Waals surface area contributed by atoms with E-state index in [2.05, 4.69) is 10.3 Å². The Morgan fingerprint density at radius 3 is 2.62 bits per heavy atom. The maximum absolute atomic E-state index is 11.9. The van der Waals surface area contributed by atoms with E-state index in [-0.39, 0.29) is 5.91 Å². The van der Waals surface area contributed by atoms with Crippen molar-refractivity contribution < 1.29 is 14.7 Å². The fourth-order valence-electron chi connectivity index (χ4n) is 1.55. The number of benzene rings is 1. The van der Waals surface area contributed by atoms with Gasteiger partial charge in [0.25, 0.3) is 5.91 Å². The average Bonchev–Trinajstić information content (AvgIpc) is 2.95.